The molecule has 0 aliphatic carbocycles. The quantitative estimate of drug-likeness (QED) is 0.929. The highest BCUT2D eigenvalue weighted by atomic mass is 79.9. The van der Waals surface area contributed by atoms with Crippen LogP contribution < -0.4 is 4.74 Å². The number of nitrogens with zero attached hydrogens (tertiary/aromatic N) is 1. The minimum absolute atomic E-state index is 0.0308. The van der Waals surface area contributed by atoms with Crippen molar-refractivity contribution in [3.63, 3.8) is 0 Å². The number of methoxy groups -OCH3 is 1. The van der Waals surface area contributed by atoms with E-state index in [2.05, 4.69) is 15.9 Å². The Balaban J connectivity index is 2.21. The number of hydrogen-bond acceptors (Lipinski definition) is 3. The van der Waals surface area contributed by atoms with Crippen molar-refractivity contribution >= 4 is 21.8 Å². The Morgan fingerprint density at radius 1 is 1.61 bits per heavy atom. The van der Waals surface area contributed by atoms with Crippen LogP contribution >= 0.6 is 15.9 Å². The third kappa shape index (κ3) is 2.52. The molecule has 1 saturated heterocycles. The molecule has 1 aliphatic rings. The molecule has 1 atom stereocenters. The second-order valence-electron chi connectivity index (χ2n) is 4.33. The first-order chi connectivity index (χ1) is 8.67. The van der Waals surface area contributed by atoms with E-state index in [-0.39, 0.29) is 18.6 Å². The topological polar surface area (TPSA) is 49.8 Å². The van der Waals surface area contributed by atoms with Gasteiger partial charge in [-0.25, -0.2) is 0 Å². The summed E-state index contributed by atoms with van der Waals surface area (Å²) in [5.41, 5.74) is 0.614. The molecule has 0 unspecified atom stereocenters. The lowest BCUT2D eigenvalue weighted by atomic mass is 10.1. The Morgan fingerprint density at radius 3 is 3.00 bits per heavy atom. The van der Waals surface area contributed by atoms with E-state index in [4.69, 9.17) is 4.74 Å². The summed E-state index contributed by atoms with van der Waals surface area (Å²) < 4.78 is 5.90. The van der Waals surface area contributed by atoms with E-state index < -0.39 is 0 Å². The molecule has 5 heteroatoms. The van der Waals surface area contributed by atoms with Crippen molar-refractivity contribution in [1.82, 2.24) is 4.90 Å². The summed E-state index contributed by atoms with van der Waals surface area (Å²) in [6, 6.07) is 5.23. The minimum Gasteiger partial charge on any atom is -0.496 e. The van der Waals surface area contributed by atoms with Crippen molar-refractivity contribution < 1.29 is 14.6 Å². The largest absolute Gasteiger partial charge is 0.496 e. The second-order valence-corrected chi connectivity index (χ2v) is 5.18. The molecule has 0 saturated carbocycles. The van der Waals surface area contributed by atoms with Gasteiger partial charge in [0, 0.05) is 12.1 Å². The number of carbonyl (C=O) groups excluding carboxylic acids is 1. The molecule has 0 bridgehead atoms. The molecule has 2 rings (SSSR count). The highest BCUT2D eigenvalue weighted by molar-refractivity contribution is 9.10. The Hall–Kier alpha value is -1.07. The van der Waals surface area contributed by atoms with Gasteiger partial charge in [0.05, 0.1) is 24.2 Å². The van der Waals surface area contributed by atoms with Crippen LogP contribution in [-0.4, -0.2) is 42.2 Å². The fourth-order valence-corrected chi connectivity index (χ4v) is 2.80. The number of ether oxygens (including phenoxy) is 1. The predicted molar refractivity (Wildman–Crippen MR) is 71.8 cm³/mol. The number of benzene rings is 1. The molecule has 0 spiro atoms. The molecule has 0 aromatic heterocycles. The van der Waals surface area contributed by atoms with E-state index in [0.717, 1.165) is 17.3 Å². The first-order valence-corrected chi connectivity index (χ1v) is 6.72. The Kier molecular flexibility index (Phi) is 4.24. The van der Waals surface area contributed by atoms with Crippen molar-refractivity contribution in [3.8, 4) is 5.75 Å². The smallest absolute Gasteiger partial charge is 0.254 e. The van der Waals surface area contributed by atoms with Crippen LogP contribution in [0, 0.1) is 0 Å². The molecular weight excluding hydrogens is 298 g/mol. The standard InChI is InChI=1S/C13H16BrNO3/c1-18-12-5-4-9(7-11(12)14)13(17)15-6-2-3-10(15)8-16/h4-5,7,10,16H,2-3,6,8H2,1H3/t10-/m1/s1. The normalized spacial score (nSPS) is 19.1. The van der Waals surface area contributed by atoms with Gasteiger partial charge >= 0.3 is 0 Å². The van der Waals surface area contributed by atoms with E-state index in [1.165, 1.54) is 0 Å². The lowest BCUT2D eigenvalue weighted by Crippen LogP contribution is -2.37. The maximum Gasteiger partial charge on any atom is 0.254 e. The second kappa shape index (κ2) is 5.71. The van der Waals surface area contributed by atoms with Gasteiger partial charge in [0.1, 0.15) is 5.75 Å². The van der Waals surface area contributed by atoms with Crippen molar-refractivity contribution in [2.45, 2.75) is 18.9 Å². The Labute approximate surface area is 115 Å². The molecule has 0 radical (unpaired) electrons. The maximum absolute atomic E-state index is 12.3. The molecule has 4 nitrogen and oxygen atoms in total. The molecule has 1 amide bonds. The van der Waals surface area contributed by atoms with E-state index in [1.54, 1.807) is 30.2 Å². The zero-order valence-electron chi connectivity index (χ0n) is 10.2. The van der Waals surface area contributed by atoms with Gasteiger partial charge < -0.3 is 14.7 Å². The van der Waals surface area contributed by atoms with Crippen molar-refractivity contribution in [1.29, 1.82) is 0 Å². The van der Waals surface area contributed by atoms with Gasteiger partial charge in [-0.1, -0.05) is 0 Å². The predicted octanol–water partition coefficient (Wildman–Crippen LogP) is 2.05. The molecule has 1 heterocycles. The number of aliphatic hydroxyl groups excluding tert-OH is 1. The van der Waals surface area contributed by atoms with Crippen LogP contribution in [0.2, 0.25) is 0 Å². The van der Waals surface area contributed by atoms with Crippen LogP contribution in [0.25, 0.3) is 0 Å². The van der Waals surface area contributed by atoms with Gasteiger partial charge in [0.15, 0.2) is 0 Å². The number of likely N-dealkylation sites (tertiary alicyclic amines) is 1. The highest BCUT2D eigenvalue weighted by Gasteiger charge is 2.28. The molecule has 1 aliphatic heterocycles. The number of aliphatic hydroxyl groups is 1. The summed E-state index contributed by atoms with van der Waals surface area (Å²) >= 11 is 3.37. The molecule has 1 fully saturated rings. The number of halogens is 1. The van der Waals surface area contributed by atoms with Crippen molar-refractivity contribution in [3.05, 3.63) is 28.2 Å². The van der Waals surface area contributed by atoms with Crippen molar-refractivity contribution in [2.75, 3.05) is 20.3 Å². The third-order valence-corrected chi connectivity index (χ3v) is 3.87. The summed E-state index contributed by atoms with van der Waals surface area (Å²) in [7, 11) is 1.59. The van der Waals surface area contributed by atoms with Gasteiger partial charge in [-0.05, 0) is 47.0 Å². The summed E-state index contributed by atoms with van der Waals surface area (Å²) in [6.45, 7) is 0.747. The number of hydrogen-bond donors (Lipinski definition) is 1. The van der Waals surface area contributed by atoms with Crippen LogP contribution in [-0.2, 0) is 0 Å². The zero-order valence-corrected chi connectivity index (χ0v) is 11.8. The summed E-state index contributed by atoms with van der Waals surface area (Å²) in [5.74, 6) is 0.668. The van der Waals surface area contributed by atoms with E-state index in [9.17, 15) is 9.90 Å². The summed E-state index contributed by atoms with van der Waals surface area (Å²) in [4.78, 5) is 14.1. The zero-order chi connectivity index (χ0) is 13.1. The SMILES string of the molecule is COc1ccc(C(=O)N2CCC[C@@H]2CO)cc1Br. The average Bonchev–Trinajstić information content (AvgIpc) is 2.86. The lowest BCUT2D eigenvalue weighted by molar-refractivity contribution is 0.0677. The molecule has 1 N–H and O–H groups in total. The summed E-state index contributed by atoms with van der Waals surface area (Å²) in [5, 5.41) is 9.25. The third-order valence-electron chi connectivity index (χ3n) is 3.25. The lowest BCUT2D eigenvalue weighted by Gasteiger charge is -2.23. The number of rotatable bonds is 3. The van der Waals surface area contributed by atoms with Gasteiger partial charge in [-0.3, -0.25) is 4.79 Å². The van der Waals surface area contributed by atoms with Crippen LogP contribution in [0.3, 0.4) is 0 Å². The van der Waals surface area contributed by atoms with Crippen LogP contribution in [0.4, 0.5) is 0 Å². The minimum atomic E-state index is -0.0432. The van der Waals surface area contributed by atoms with E-state index in [0.29, 0.717) is 17.9 Å². The Bertz CT molecular complexity index is 450. The number of amides is 1. The fourth-order valence-electron chi connectivity index (χ4n) is 2.26. The summed E-state index contributed by atoms with van der Waals surface area (Å²) in [6.07, 6.45) is 1.83. The molecule has 1 aromatic rings. The first kappa shape index (κ1) is 13.4. The van der Waals surface area contributed by atoms with Gasteiger partial charge in [-0.15, -0.1) is 0 Å². The van der Waals surface area contributed by atoms with Crippen LogP contribution in [0.1, 0.15) is 23.2 Å². The highest BCUT2D eigenvalue weighted by Crippen LogP contribution is 2.27. The molecule has 1 aromatic carbocycles. The maximum atomic E-state index is 12.3. The monoisotopic (exact) mass is 313 g/mol. The van der Waals surface area contributed by atoms with E-state index >= 15 is 0 Å². The van der Waals surface area contributed by atoms with Gasteiger partial charge in [0.25, 0.3) is 5.91 Å². The Morgan fingerprint density at radius 2 is 2.39 bits per heavy atom. The van der Waals surface area contributed by atoms with Gasteiger partial charge in [0.2, 0.25) is 0 Å². The molecule has 18 heavy (non-hydrogen) atoms. The first-order valence-electron chi connectivity index (χ1n) is 5.92. The van der Waals surface area contributed by atoms with Crippen LogP contribution in [0.5, 0.6) is 5.75 Å². The molecule has 98 valence electrons. The van der Waals surface area contributed by atoms with E-state index in [1.807, 2.05) is 0 Å². The fraction of sp³-hybridized carbons (Fsp3) is 0.462. The van der Waals surface area contributed by atoms with Gasteiger partial charge in [-0.2, -0.15) is 0 Å². The molecular formula is C13H16BrNO3. The van der Waals surface area contributed by atoms with Crippen molar-refractivity contribution in [2.24, 2.45) is 0 Å². The van der Waals surface area contributed by atoms with Crippen LogP contribution in [0.15, 0.2) is 22.7 Å². The average molecular weight is 314 g/mol. The number of carbonyl (C=O) groups is 1.